The maximum Gasteiger partial charge on any atom is 0.211 e. The van der Waals surface area contributed by atoms with E-state index < -0.39 is 10.2 Å². The molecule has 0 aliphatic heterocycles. The second-order valence-electron chi connectivity index (χ2n) is 5.23. The number of benzene rings is 1. The van der Waals surface area contributed by atoms with Crippen LogP contribution in [0, 0.1) is 24.1 Å². The summed E-state index contributed by atoms with van der Waals surface area (Å²) in [6.45, 7) is 4.11. The van der Waals surface area contributed by atoms with Gasteiger partial charge in [0.05, 0.1) is 0 Å². The molecule has 1 aromatic heterocycles. The summed E-state index contributed by atoms with van der Waals surface area (Å²) in [6, 6.07) is 14.5. The summed E-state index contributed by atoms with van der Waals surface area (Å²) in [7, 11) is -0.870. The van der Waals surface area contributed by atoms with Crippen molar-refractivity contribution in [1.82, 2.24) is 0 Å². The van der Waals surface area contributed by atoms with Gasteiger partial charge in [0.15, 0.2) is 0 Å². The predicted octanol–water partition coefficient (Wildman–Crippen LogP) is -2.22. The SMILES string of the molecule is Cc1cccc(C)[n+]1N=Cc1ccc(N(C)C)cc1.[O-][Cl+3]([O-])([O-])[O-]. The van der Waals surface area contributed by atoms with E-state index in [-0.39, 0.29) is 0 Å². The second-order valence-corrected chi connectivity index (χ2v) is 5.98. The summed E-state index contributed by atoms with van der Waals surface area (Å²) in [5.41, 5.74) is 4.54. The van der Waals surface area contributed by atoms with Crippen molar-refractivity contribution in [3.8, 4) is 0 Å². The molecule has 24 heavy (non-hydrogen) atoms. The topological polar surface area (TPSA) is 112 Å². The van der Waals surface area contributed by atoms with E-state index in [2.05, 4.69) is 60.2 Å². The molecule has 2 rings (SSSR count). The monoisotopic (exact) mass is 353 g/mol. The Balaban J connectivity index is 0.000000505. The Morgan fingerprint density at radius 3 is 1.79 bits per heavy atom. The molecular weight excluding hydrogens is 334 g/mol. The van der Waals surface area contributed by atoms with Crippen molar-refractivity contribution in [2.75, 3.05) is 19.0 Å². The quantitative estimate of drug-likeness (QED) is 0.458. The number of hydrogen-bond donors (Lipinski definition) is 0. The van der Waals surface area contributed by atoms with Crippen LogP contribution in [0.15, 0.2) is 47.6 Å². The largest absolute Gasteiger partial charge is 0.378 e. The van der Waals surface area contributed by atoms with Crippen LogP contribution in [0.1, 0.15) is 17.0 Å². The van der Waals surface area contributed by atoms with Crippen molar-refractivity contribution in [1.29, 1.82) is 0 Å². The van der Waals surface area contributed by atoms with Gasteiger partial charge in [0, 0.05) is 45.8 Å². The van der Waals surface area contributed by atoms with Crippen molar-refractivity contribution in [2.45, 2.75) is 13.8 Å². The zero-order valence-electron chi connectivity index (χ0n) is 14.0. The summed E-state index contributed by atoms with van der Waals surface area (Å²) in [5, 5.41) is 4.53. The number of aromatic nitrogens is 1. The zero-order chi connectivity index (χ0) is 18.3. The Labute approximate surface area is 143 Å². The van der Waals surface area contributed by atoms with E-state index in [1.807, 2.05) is 31.1 Å². The summed E-state index contributed by atoms with van der Waals surface area (Å²) < 4.78 is 35.9. The molecule has 8 heteroatoms. The molecule has 2 aromatic rings. The lowest BCUT2D eigenvalue weighted by Gasteiger charge is -2.17. The molecule has 0 N–H and O–H groups in total. The molecule has 0 saturated heterocycles. The van der Waals surface area contributed by atoms with Crippen LogP contribution in [0.25, 0.3) is 0 Å². The van der Waals surface area contributed by atoms with Gasteiger partial charge in [-0.15, -0.1) is 10.2 Å². The van der Waals surface area contributed by atoms with Crippen molar-refractivity contribution in [3.63, 3.8) is 0 Å². The van der Waals surface area contributed by atoms with E-state index in [1.54, 1.807) is 0 Å². The average molecular weight is 354 g/mol. The van der Waals surface area contributed by atoms with Gasteiger partial charge in [-0.1, -0.05) is 16.8 Å². The Morgan fingerprint density at radius 2 is 1.38 bits per heavy atom. The molecule has 0 bridgehead atoms. The molecule has 130 valence electrons. The summed E-state index contributed by atoms with van der Waals surface area (Å²) in [6.07, 6.45) is 1.89. The lowest BCUT2D eigenvalue weighted by atomic mass is 10.2. The van der Waals surface area contributed by atoms with Gasteiger partial charge in [0.2, 0.25) is 11.4 Å². The number of hydrogen-bond acceptors (Lipinski definition) is 6. The molecule has 0 aliphatic carbocycles. The number of halogens is 1. The number of rotatable bonds is 3. The van der Waals surface area contributed by atoms with E-state index >= 15 is 0 Å². The highest BCUT2D eigenvalue weighted by Gasteiger charge is 2.07. The van der Waals surface area contributed by atoms with Crippen LogP contribution >= 0.6 is 0 Å². The van der Waals surface area contributed by atoms with Crippen LogP contribution in [0.5, 0.6) is 0 Å². The van der Waals surface area contributed by atoms with Crippen LogP contribution in [-0.4, -0.2) is 20.3 Å². The molecule has 1 heterocycles. The Morgan fingerprint density at radius 1 is 0.917 bits per heavy atom. The molecule has 0 atom stereocenters. The number of nitrogens with zero attached hydrogens (tertiary/aromatic N) is 3. The smallest absolute Gasteiger partial charge is 0.211 e. The first-order chi connectivity index (χ1) is 11.1. The Kier molecular flexibility index (Phi) is 7.27. The second kappa shape index (κ2) is 8.72. The number of anilines is 1. The minimum absolute atomic E-state index is 1.10. The van der Waals surface area contributed by atoms with E-state index in [0.29, 0.717) is 0 Å². The van der Waals surface area contributed by atoms with Gasteiger partial charge in [-0.25, -0.2) is 18.6 Å². The molecule has 0 unspecified atom stereocenters. The van der Waals surface area contributed by atoms with Crippen LogP contribution in [-0.2, 0) is 0 Å². The fourth-order valence-corrected chi connectivity index (χ4v) is 1.91. The van der Waals surface area contributed by atoms with Gasteiger partial charge < -0.3 is 4.90 Å². The summed E-state index contributed by atoms with van der Waals surface area (Å²) in [4.78, 5) is 2.08. The van der Waals surface area contributed by atoms with Gasteiger partial charge in [0.1, 0.15) is 6.21 Å². The van der Waals surface area contributed by atoms with Crippen LogP contribution in [0.4, 0.5) is 5.69 Å². The van der Waals surface area contributed by atoms with E-state index in [0.717, 1.165) is 17.0 Å². The van der Waals surface area contributed by atoms with E-state index in [1.165, 1.54) is 5.69 Å². The van der Waals surface area contributed by atoms with Gasteiger partial charge in [0.25, 0.3) is 0 Å². The maximum absolute atomic E-state index is 8.49. The molecule has 1 aromatic carbocycles. The van der Waals surface area contributed by atoms with Gasteiger partial charge in [-0.2, -0.15) is 0 Å². The first-order valence-electron chi connectivity index (χ1n) is 6.99. The first kappa shape index (κ1) is 20.0. The van der Waals surface area contributed by atoms with Crippen molar-refractivity contribution in [3.05, 3.63) is 59.4 Å². The van der Waals surface area contributed by atoms with Gasteiger partial charge >= 0.3 is 0 Å². The highest BCUT2D eigenvalue weighted by Crippen LogP contribution is 2.10. The lowest BCUT2D eigenvalue weighted by Crippen LogP contribution is -2.68. The van der Waals surface area contributed by atoms with Crippen LogP contribution < -0.4 is 28.2 Å². The Hall–Kier alpha value is -2.03. The Bertz CT molecular complexity index is 656. The first-order valence-corrected chi connectivity index (χ1v) is 8.23. The van der Waals surface area contributed by atoms with Crippen molar-refractivity contribution in [2.24, 2.45) is 5.10 Å². The molecular formula is C16H20ClN3O4. The minimum Gasteiger partial charge on any atom is -0.378 e. The molecule has 0 aliphatic rings. The highest BCUT2D eigenvalue weighted by molar-refractivity contribution is 5.79. The van der Waals surface area contributed by atoms with Crippen LogP contribution in [0.3, 0.4) is 0 Å². The molecule has 0 saturated carbocycles. The molecule has 0 spiro atoms. The number of aryl methyl sites for hydroxylation is 2. The molecule has 0 fully saturated rings. The fourth-order valence-electron chi connectivity index (χ4n) is 1.91. The van der Waals surface area contributed by atoms with Crippen molar-refractivity contribution >= 4 is 11.9 Å². The number of pyridine rings is 1. The predicted molar refractivity (Wildman–Crippen MR) is 79.9 cm³/mol. The van der Waals surface area contributed by atoms with Gasteiger partial charge in [-0.05, 0) is 28.9 Å². The van der Waals surface area contributed by atoms with Crippen LogP contribution in [0.2, 0.25) is 0 Å². The maximum atomic E-state index is 8.49. The molecule has 0 amide bonds. The van der Waals surface area contributed by atoms with Gasteiger partial charge in [-0.3, -0.25) is 0 Å². The third-order valence-corrected chi connectivity index (χ3v) is 3.07. The highest BCUT2D eigenvalue weighted by atomic mass is 35.7. The van der Waals surface area contributed by atoms with E-state index in [4.69, 9.17) is 18.6 Å². The summed E-state index contributed by atoms with van der Waals surface area (Å²) >= 11 is 0. The minimum atomic E-state index is -4.94. The fraction of sp³-hybridized carbons (Fsp3) is 0.250. The van der Waals surface area contributed by atoms with Crippen molar-refractivity contribution < 1.29 is 33.6 Å². The zero-order valence-corrected chi connectivity index (χ0v) is 14.7. The standard InChI is InChI=1S/C16H20N3.ClHO4/c1-13-6-5-7-14(2)19(13)17-12-15-8-10-16(11-9-15)18(3)4;2-1(3,4)5/h5-12H,1-4H3;(H,2,3,4,5)/q+1;/p-1. The molecule has 0 radical (unpaired) electrons. The molecule has 7 nitrogen and oxygen atoms in total. The van der Waals surface area contributed by atoms with E-state index in [9.17, 15) is 0 Å². The lowest BCUT2D eigenvalue weighted by molar-refractivity contribution is -2.00. The average Bonchev–Trinajstić information content (AvgIpc) is 2.45. The third kappa shape index (κ3) is 7.49. The third-order valence-electron chi connectivity index (χ3n) is 3.07. The normalized spacial score (nSPS) is 11.2. The summed E-state index contributed by atoms with van der Waals surface area (Å²) in [5.74, 6) is 0.